The number of hydrogen-bond acceptors (Lipinski definition) is 4. The minimum Gasteiger partial charge on any atom is -0.480 e. The molecule has 3 fully saturated rings. The Hall–Kier alpha value is -2.97. The summed E-state index contributed by atoms with van der Waals surface area (Å²) in [4.78, 5) is 32.3. The topological polar surface area (TPSA) is 76.1 Å². The lowest BCUT2D eigenvalue weighted by atomic mass is 9.83. The number of nitrogens with one attached hydrogen (secondary N) is 1. The molecule has 3 aliphatic rings. The number of urea groups is 1. The Morgan fingerprint density at radius 3 is 2.31 bits per heavy atom. The number of halogens is 1. The molecule has 8 heteroatoms. The number of benzene rings is 2. The van der Waals surface area contributed by atoms with Crippen LogP contribution in [0.4, 0.5) is 9.18 Å². The van der Waals surface area contributed by atoms with Gasteiger partial charge in [0.25, 0.3) is 0 Å². The number of hydrogen-bond donors (Lipinski definition) is 2. The lowest BCUT2D eigenvalue weighted by molar-refractivity contribution is -0.145. The van der Waals surface area contributed by atoms with Gasteiger partial charge in [-0.3, -0.25) is 9.69 Å². The van der Waals surface area contributed by atoms with E-state index in [9.17, 15) is 19.1 Å². The normalized spacial score (nSPS) is 23.5. The van der Waals surface area contributed by atoms with Crippen molar-refractivity contribution in [2.45, 2.75) is 76.4 Å². The third-order valence-corrected chi connectivity index (χ3v) is 9.89. The number of likely N-dealkylation sites (tertiary alicyclic amines) is 2. The van der Waals surface area contributed by atoms with Gasteiger partial charge in [-0.1, -0.05) is 61.7 Å². The van der Waals surface area contributed by atoms with Gasteiger partial charge in [0.05, 0.1) is 0 Å². The van der Waals surface area contributed by atoms with Crippen LogP contribution in [-0.2, 0) is 11.3 Å². The van der Waals surface area contributed by atoms with Crippen molar-refractivity contribution in [2.24, 2.45) is 11.8 Å². The first-order valence-electron chi connectivity index (χ1n) is 16.0. The van der Waals surface area contributed by atoms with E-state index in [4.69, 9.17) is 0 Å². The molecule has 2 aromatic carbocycles. The summed E-state index contributed by atoms with van der Waals surface area (Å²) in [5.74, 6) is -0.00305. The molecule has 2 aliphatic heterocycles. The Labute approximate surface area is 250 Å². The largest absolute Gasteiger partial charge is 0.480 e. The molecule has 0 spiro atoms. The molecule has 0 bridgehead atoms. The van der Waals surface area contributed by atoms with E-state index >= 15 is 0 Å². The lowest BCUT2D eigenvalue weighted by Crippen LogP contribution is -2.51. The molecule has 3 unspecified atom stereocenters. The molecule has 0 aromatic heterocycles. The SMILES string of the molecule is CCN(C(=O)NCc1ccc(F)cc1)C1CCN(CC2CN(C(C(=O)O)C3CCCCC3)CC2c2ccccc2)CC1. The van der Waals surface area contributed by atoms with E-state index in [1.54, 1.807) is 12.1 Å². The molecule has 2 aromatic rings. The van der Waals surface area contributed by atoms with E-state index in [0.717, 1.165) is 76.8 Å². The molecule has 1 saturated carbocycles. The van der Waals surface area contributed by atoms with Gasteiger partial charge < -0.3 is 20.2 Å². The van der Waals surface area contributed by atoms with Crippen LogP contribution < -0.4 is 5.32 Å². The number of piperidine rings is 1. The Morgan fingerprint density at radius 2 is 1.67 bits per heavy atom. The number of carboxylic acids is 1. The van der Waals surface area contributed by atoms with Gasteiger partial charge in [-0.05, 0) is 67.7 Å². The predicted octanol–water partition coefficient (Wildman–Crippen LogP) is 5.57. The molecule has 2 N–H and O–H groups in total. The van der Waals surface area contributed by atoms with Gasteiger partial charge >= 0.3 is 12.0 Å². The Bertz CT molecular complexity index is 1150. The molecule has 5 rings (SSSR count). The first-order chi connectivity index (χ1) is 20.4. The molecule has 42 heavy (non-hydrogen) atoms. The highest BCUT2D eigenvalue weighted by Crippen LogP contribution is 2.38. The van der Waals surface area contributed by atoms with Crippen LogP contribution in [0.2, 0.25) is 0 Å². The summed E-state index contributed by atoms with van der Waals surface area (Å²) >= 11 is 0. The summed E-state index contributed by atoms with van der Waals surface area (Å²) in [6, 6.07) is 16.6. The van der Waals surface area contributed by atoms with Crippen molar-refractivity contribution in [3.05, 3.63) is 71.5 Å². The number of amides is 2. The van der Waals surface area contributed by atoms with Gasteiger partial charge in [0.1, 0.15) is 11.9 Å². The smallest absolute Gasteiger partial charge is 0.321 e. The standard InChI is InChI=1S/C34H47FN4O3/c1-2-39(34(42)36-21-25-13-15-29(35)16-14-25)30-17-19-37(20-18-30)22-28-23-38(24-31(28)26-9-5-3-6-10-26)32(33(40)41)27-11-7-4-8-12-27/h3,5-6,9-10,13-16,27-28,30-32H,2,4,7-8,11-12,17-24H2,1H3,(H,36,42)(H,40,41). The Kier molecular flexibility index (Phi) is 10.5. The van der Waals surface area contributed by atoms with E-state index in [1.165, 1.54) is 24.1 Å². The highest BCUT2D eigenvalue weighted by molar-refractivity contribution is 5.74. The lowest BCUT2D eigenvalue weighted by Gasteiger charge is -2.39. The second-order valence-electron chi connectivity index (χ2n) is 12.5. The Morgan fingerprint density at radius 1 is 0.976 bits per heavy atom. The molecule has 1 aliphatic carbocycles. The third kappa shape index (κ3) is 7.51. The van der Waals surface area contributed by atoms with Crippen molar-refractivity contribution < 1.29 is 19.1 Å². The zero-order valence-corrected chi connectivity index (χ0v) is 25.0. The minimum absolute atomic E-state index is 0.0710. The van der Waals surface area contributed by atoms with Crippen LogP contribution in [0, 0.1) is 17.7 Å². The number of rotatable bonds is 10. The van der Waals surface area contributed by atoms with Gasteiger partial charge in [-0.15, -0.1) is 0 Å². The van der Waals surface area contributed by atoms with E-state index in [0.29, 0.717) is 24.9 Å². The number of carbonyl (C=O) groups excluding carboxylic acids is 1. The number of aliphatic carboxylic acids is 1. The van der Waals surface area contributed by atoms with Crippen LogP contribution in [0.1, 0.15) is 68.9 Å². The van der Waals surface area contributed by atoms with Crippen LogP contribution in [0.25, 0.3) is 0 Å². The summed E-state index contributed by atoms with van der Waals surface area (Å²) in [6.07, 6.45) is 7.39. The molecule has 228 valence electrons. The van der Waals surface area contributed by atoms with Gasteiger partial charge in [0.15, 0.2) is 0 Å². The summed E-state index contributed by atoms with van der Waals surface area (Å²) in [6.45, 7) is 7.47. The molecule has 7 nitrogen and oxygen atoms in total. The van der Waals surface area contributed by atoms with Gasteiger partial charge in [-0.25, -0.2) is 9.18 Å². The van der Waals surface area contributed by atoms with Crippen molar-refractivity contribution in [3.63, 3.8) is 0 Å². The van der Waals surface area contributed by atoms with Crippen molar-refractivity contribution in [1.29, 1.82) is 0 Å². The quantitative estimate of drug-likeness (QED) is 0.386. The highest BCUT2D eigenvalue weighted by Gasteiger charge is 2.43. The number of nitrogens with zero attached hydrogens (tertiary/aromatic N) is 3. The van der Waals surface area contributed by atoms with Crippen LogP contribution >= 0.6 is 0 Å². The molecule has 3 atom stereocenters. The van der Waals surface area contributed by atoms with Crippen LogP contribution in [0.15, 0.2) is 54.6 Å². The summed E-state index contributed by atoms with van der Waals surface area (Å²) in [7, 11) is 0. The van der Waals surface area contributed by atoms with E-state index in [1.807, 2.05) is 17.9 Å². The maximum Gasteiger partial charge on any atom is 0.321 e. The average Bonchev–Trinajstić information content (AvgIpc) is 3.41. The maximum absolute atomic E-state index is 13.2. The van der Waals surface area contributed by atoms with E-state index < -0.39 is 12.0 Å². The zero-order chi connectivity index (χ0) is 29.5. The number of carboxylic acid groups (broad SMARTS) is 1. The molecule has 2 amide bonds. The van der Waals surface area contributed by atoms with Crippen molar-refractivity contribution >= 4 is 12.0 Å². The van der Waals surface area contributed by atoms with Crippen LogP contribution in [-0.4, -0.2) is 83.2 Å². The predicted molar refractivity (Wildman–Crippen MR) is 163 cm³/mol. The molecular formula is C34H47FN4O3. The van der Waals surface area contributed by atoms with Crippen LogP contribution in [0.3, 0.4) is 0 Å². The first-order valence-corrected chi connectivity index (χ1v) is 16.0. The fraction of sp³-hybridized carbons (Fsp3) is 0.588. The molecule has 0 radical (unpaired) electrons. The minimum atomic E-state index is -0.660. The Balaban J connectivity index is 1.19. The first kappa shape index (κ1) is 30.5. The van der Waals surface area contributed by atoms with Crippen molar-refractivity contribution in [3.8, 4) is 0 Å². The summed E-state index contributed by atoms with van der Waals surface area (Å²) in [5, 5.41) is 13.3. The molecule has 2 saturated heterocycles. The van der Waals surface area contributed by atoms with Crippen LogP contribution in [0.5, 0.6) is 0 Å². The third-order valence-electron chi connectivity index (χ3n) is 9.89. The summed E-state index contributed by atoms with van der Waals surface area (Å²) in [5.41, 5.74) is 2.19. The van der Waals surface area contributed by atoms with Gasteiger partial charge in [0, 0.05) is 57.8 Å². The number of carbonyl (C=O) groups is 2. The molecule has 2 heterocycles. The maximum atomic E-state index is 13.2. The van der Waals surface area contributed by atoms with Gasteiger partial charge in [-0.2, -0.15) is 0 Å². The second kappa shape index (κ2) is 14.5. The van der Waals surface area contributed by atoms with Gasteiger partial charge in [0.2, 0.25) is 0 Å². The fourth-order valence-corrected chi connectivity index (χ4v) is 7.69. The second-order valence-corrected chi connectivity index (χ2v) is 12.5. The summed E-state index contributed by atoms with van der Waals surface area (Å²) < 4.78 is 13.2. The van der Waals surface area contributed by atoms with Crippen molar-refractivity contribution in [2.75, 3.05) is 39.3 Å². The van der Waals surface area contributed by atoms with E-state index in [2.05, 4.69) is 39.4 Å². The fourth-order valence-electron chi connectivity index (χ4n) is 7.69. The zero-order valence-electron chi connectivity index (χ0n) is 25.0. The average molecular weight is 579 g/mol. The van der Waals surface area contributed by atoms with E-state index in [-0.39, 0.29) is 23.8 Å². The monoisotopic (exact) mass is 578 g/mol. The molecular weight excluding hydrogens is 531 g/mol. The highest BCUT2D eigenvalue weighted by atomic mass is 19.1. The van der Waals surface area contributed by atoms with Crippen molar-refractivity contribution in [1.82, 2.24) is 20.0 Å².